The molecule has 3 heteroatoms. The van der Waals surface area contributed by atoms with Crippen molar-refractivity contribution in [1.29, 1.82) is 0 Å². The van der Waals surface area contributed by atoms with E-state index in [4.69, 9.17) is 8.83 Å². The molecule has 2 aromatic heterocycles. The number of nitrogens with zero attached hydrogens (tertiary/aromatic N) is 1. The van der Waals surface area contributed by atoms with Gasteiger partial charge in [-0.1, -0.05) is 140 Å². The zero-order chi connectivity index (χ0) is 33.5. The van der Waals surface area contributed by atoms with Crippen molar-refractivity contribution < 1.29 is 8.83 Å². The Bertz CT molecular complexity index is 3160. The second kappa shape index (κ2) is 10.8. The second-order valence-electron chi connectivity index (χ2n) is 13.2. The minimum Gasteiger partial charge on any atom is -0.455 e. The standard InChI is InChI=1S/C48H29NO2/c1-3-15-32-30(12-1)14-9-19-35(32)39-28-29-42(46-40-18-6-8-25-45(40)51-48(39)46)49(43-23-11-21-38-37-17-5-7-24-44(37)50-47(38)43)41-22-10-20-34-33-16-4-2-13-31(33)26-27-36(34)41/h1-29H. The highest BCUT2D eigenvalue weighted by Gasteiger charge is 2.26. The number of rotatable bonds is 4. The molecule has 2 heterocycles. The third-order valence-corrected chi connectivity index (χ3v) is 10.5. The van der Waals surface area contributed by atoms with E-state index in [0.717, 1.165) is 77.5 Å². The molecule has 0 aliphatic rings. The van der Waals surface area contributed by atoms with Crippen molar-refractivity contribution in [1.82, 2.24) is 0 Å². The lowest BCUT2D eigenvalue weighted by molar-refractivity contribution is 0.668. The van der Waals surface area contributed by atoms with Gasteiger partial charge in [-0.3, -0.25) is 0 Å². The average molecular weight is 652 g/mol. The van der Waals surface area contributed by atoms with Gasteiger partial charge in [0.05, 0.1) is 22.4 Å². The molecule has 0 saturated heterocycles. The van der Waals surface area contributed by atoms with Crippen LogP contribution in [0.1, 0.15) is 0 Å². The highest BCUT2D eigenvalue weighted by molar-refractivity contribution is 6.22. The van der Waals surface area contributed by atoms with Gasteiger partial charge in [0.2, 0.25) is 0 Å². The molecule has 0 atom stereocenters. The van der Waals surface area contributed by atoms with Crippen LogP contribution in [-0.4, -0.2) is 0 Å². The third-order valence-electron chi connectivity index (χ3n) is 10.5. The van der Waals surface area contributed by atoms with Crippen LogP contribution in [0.15, 0.2) is 185 Å². The molecule has 238 valence electrons. The van der Waals surface area contributed by atoms with Gasteiger partial charge >= 0.3 is 0 Å². The van der Waals surface area contributed by atoms with Gasteiger partial charge in [0.15, 0.2) is 5.58 Å². The largest absolute Gasteiger partial charge is 0.455 e. The maximum absolute atomic E-state index is 6.88. The predicted octanol–water partition coefficient (Wildman–Crippen LogP) is 14.1. The van der Waals surface area contributed by atoms with E-state index in [-0.39, 0.29) is 0 Å². The number of benzene rings is 9. The van der Waals surface area contributed by atoms with Gasteiger partial charge in [0.25, 0.3) is 0 Å². The maximum atomic E-state index is 6.88. The van der Waals surface area contributed by atoms with Crippen LogP contribution in [0.2, 0.25) is 0 Å². The summed E-state index contributed by atoms with van der Waals surface area (Å²) < 4.78 is 13.6. The molecule has 0 spiro atoms. The highest BCUT2D eigenvalue weighted by atomic mass is 16.3. The Labute approximate surface area is 293 Å². The molecule has 11 aromatic rings. The first kappa shape index (κ1) is 28.0. The van der Waals surface area contributed by atoms with E-state index >= 15 is 0 Å². The van der Waals surface area contributed by atoms with Crippen molar-refractivity contribution in [3.8, 4) is 11.1 Å². The maximum Gasteiger partial charge on any atom is 0.159 e. The molecule has 0 aliphatic heterocycles. The fourth-order valence-electron chi connectivity index (χ4n) is 8.19. The van der Waals surface area contributed by atoms with Crippen molar-refractivity contribution in [2.75, 3.05) is 4.90 Å². The molecule has 0 unspecified atom stereocenters. The van der Waals surface area contributed by atoms with Gasteiger partial charge < -0.3 is 13.7 Å². The first-order valence-electron chi connectivity index (χ1n) is 17.4. The molecule has 0 saturated carbocycles. The summed E-state index contributed by atoms with van der Waals surface area (Å²) >= 11 is 0. The lowest BCUT2D eigenvalue weighted by Crippen LogP contribution is -2.11. The van der Waals surface area contributed by atoms with Crippen LogP contribution in [0.5, 0.6) is 0 Å². The minimum absolute atomic E-state index is 0.843. The van der Waals surface area contributed by atoms with E-state index in [1.807, 2.05) is 18.2 Å². The average Bonchev–Trinajstić information content (AvgIpc) is 3.78. The fraction of sp³-hybridized carbons (Fsp3) is 0. The topological polar surface area (TPSA) is 29.5 Å². The molecule has 0 bridgehead atoms. The Morgan fingerprint density at radius 3 is 1.73 bits per heavy atom. The van der Waals surface area contributed by atoms with Gasteiger partial charge in [0, 0.05) is 27.1 Å². The van der Waals surface area contributed by atoms with E-state index < -0.39 is 0 Å². The molecular weight excluding hydrogens is 623 g/mol. The summed E-state index contributed by atoms with van der Waals surface area (Å²) in [6, 6.07) is 62.5. The second-order valence-corrected chi connectivity index (χ2v) is 13.2. The van der Waals surface area contributed by atoms with E-state index in [9.17, 15) is 0 Å². The summed E-state index contributed by atoms with van der Waals surface area (Å²) in [5, 5.41) is 11.5. The number of anilines is 3. The van der Waals surface area contributed by atoms with E-state index in [2.05, 4.69) is 163 Å². The smallest absolute Gasteiger partial charge is 0.159 e. The van der Waals surface area contributed by atoms with E-state index in [1.54, 1.807) is 0 Å². The summed E-state index contributed by atoms with van der Waals surface area (Å²) in [7, 11) is 0. The van der Waals surface area contributed by atoms with Crippen LogP contribution in [0, 0.1) is 0 Å². The van der Waals surface area contributed by atoms with Crippen molar-refractivity contribution in [3.63, 3.8) is 0 Å². The van der Waals surface area contributed by atoms with Gasteiger partial charge in [-0.05, 0) is 68.9 Å². The van der Waals surface area contributed by atoms with Gasteiger partial charge in [0.1, 0.15) is 16.7 Å². The Balaban J connectivity index is 1.29. The predicted molar refractivity (Wildman–Crippen MR) is 214 cm³/mol. The van der Waals surface area contributed by atoms with Crippen LogP contribution in [0.3, 0.4) is 0 Å². The zero-order valence-corrected chi connectivity index (χ0v) is 27.5. The summed E-state index contributed by atoms with van der Waals surface area (Å²) in [4.78, 5) is 2.39. The number of furan rings is 2. The quantitative estimate of drug-likeness (QED) is 0.177. The molecule has 3 nitrogen and oxygen atoms in total. The van der Waals surface area contributed by atoms with Crippen molar-refractivity contribution in [2.45, 2.75) is 0 Å². The van der Waals surface area contributed by atoms with Crippen molar-refractivity contribution in [2.24, 2.45) is 0 Å². The van der Waals surface area contributed by atoms with Crippen LogP contribution < -0.4 is 4.90 Å². The van der Waals surface area contributed by atoms with Crippen molar-refractivity contribution >= 4 is 93.3 Å². The van der Waals surface area contributed by atoms with Crippen LogP contribution in [-0.2, 0) is 0 Å². The molecule has 9 aromatic carbocycles. The normalized spacial score (nSPS) is 11.9. The minimum atomic E-state index is 0.843. The highest BCUT2D eigenvalue weighted by Crippen LogP contribution is 2.50. The summed E-state index contributed by atoms with van der Waals surface area (Å²) in [6.07, 6.45) is 0. The van der Waals surface area contributed by atoms with Gasteiger partial charge in [-0.15, -0.1) is 0 Å². The first-order chi connectivity index (χ1) is 25.3. The van der Waals surface area contributed by atoms with Crippen LogP contribution in [0.4, 0.5) is 17.1 Å². The summed E-state index contributed by atoms with van der Waals surface area (Å²) in [6.45, 7) is 0. The summed E-state index contributed by atoms with van der Waals surface area (Å²) in [5.41, 5.74) is 8.69. The lowest BCUT2D eigenvalue weighted by Gasteiger charge is -2.28. The Hall–Kier alpha value is -6.84. The molecule has 0 radical (unpaired) electrons. The number of hydrogen-bond acceptors (Lipinski definition) is 3. The number of hydrogen-bond donors (Lipinski definition) is 0. The third kappa shape index (κ3) is 4.12. The van der Waals surface area contributed by atoms with Gasteiger partial charge in [-0.25, -0.2) is 0 Å². The van der Waals surface area contributed by atoms with Crippen LogP contribution >= 0.6 is 0 Å². The molecule has 51 heavy (non-hydrogen) atoms. The van der Waals surface area contributed by atoms with E-state index in [1.165, 1.54) is 26.9 Å². The molecule has 0 amide bonds. The molecular formula is C48H29NO2. The molecule has 0 fully saturated rings. The number of fused-ring (bicyclic) bond motifs is 10. The SMILES string of the molecule is c1ccc2c(-c3ccc(N(c4cccc5c4ccc4ccccc45)c4cccc5c4oc4ccccc45)c4c3oc3ccccc34)cccc2c1. The van der Waals surface area contributed by atoms with Crippen molar-refractivity contribution in [3.05, 3.63) is 176 Å². The first-order valence-corrected chi connectivity index (χ1v) is 17.4. The molecule has 11 rings (SSSR count). The van der Waals surface area contributed by atoms with E-state index in [0.29, 0.717) is 0 Å². The Morgan fingerprint density at radius 2 is 0.882 bits per heavy atom. The van der Waals surface area contributed by atoms with Crippen LogP contribution in [0.25, 0.3) is 87.3 Å². The lowest BCUT2D eigenvalue weighted by atomic mass is 9.95. The molecule has 0 aliphatic carbocycles. The fourth-order valence-corrected chi connectivity index (χ4v) is 8.19. The zero-order valence-electron chi connectivity index (χ0n) is 27.5. The molecule has 0 N–H and O–H groups in total. The van der Waals surface area contributed by atoms with Gasteiger partial charge in [-0.2, -0.15) is 0 Å². The Morgan fingerprint density at radius 1 is 0.294 bits per heavy atom. The number of para-hydroxylation sites is 3. The summed E-state index contributed by atoms with van der Waals surface area (Å²) in [5.74, 6) is 0. The monoisotopic (exact) mass is 651 g/mol. The Kier molecular flexibility index (Phi) is 5.96.